The summed E-state index contributed by atoms with van der Waals surface area (Å²) in [6, 6.07) is 14.7. The molecule has 0 saturated carbocycles. The highest BCUT2D eigenvalue weighted by Crippen LogP contribution is 2.29. The maximum atomic E-state index is 12.4. The number of anilines is 2. The average Bonchev–Trinajstić information content (AvgIpc) is 3.04. The Kier molecular flexibility index (Phi) is 5.54. The van der Waals surface area contributed by atoms with Crippen molar-refractivity contribution < 1.29 is 19.1 Å². The lowest BCUT2D eigenvalue weighted by molar-refractivity contribution is -0.151. The first-order valence-corrected chi connectivity index (χ1v) is 8.84. The fourth-order valence-electron chi connectivity index (χ4n) is 3.10. The standard InChI is InChI=1S/C21H22N2O4/c1-14-7-6-10-18(15(14)2)23-12-16(11-20(23)25)21(26)27-13-19(24)22-17-8-4-3-5-9-17/h3-10,16H,11-13H2,1-2H3,(H,22,24)/t16-/m0/s1. The Morgan fingerprint density at radius 3 is 2.59 bits per heavy atom. The molecule has 0 radical (unpaired) electrons. The summed E-state index contributed by atoms with van der Waals surface area (Å²) >= 11 is 0. The predicted molar refractivity (Wildman–Crippen MR) is 102 cm³/mol. The van der Waals surface area contributed by atoms with E-state index in [4.69, 9.17) is 4.74 Å². The summed E-state index contributed by atoms with van der Waals surface area (Å²) in [6.45, 7) is 3.83. The van der Waals surface area contributed by atoms with Gasteiger partial charge in [0.25, 0.3) is 5.91 Å². The molecule has 0 aliphatic carbocycles. The van der Waals surface area contributed by atoms with Crippen LogP contribution in [-0.2, 0) is 19.1 Å². The van der Waals surface area contributed by atoms with Crippen LogP contribution in [0.3, 0.4) is 0 Å². The monoisotopic (exact) mass is 366 g/mol. The Morgan fingerprint density at radius 2 is 1.85 bits per heavy atom. The SMILES string of the molecule is Cc1cccc(N2C[C@@H](C(=O)OCC(=O)Nc3ccccc3)CC2=O)c1C. The van der Waals surface area contributed by atoms with E-state index < -0.39 is 17.8 Å². The van der Waals surface area contributed by atoms with Crippen LogP contribution in [0.4, 0.5) is 11.4 Å². The molecule has 1 saturated heterocycles. The normalized spacial score (nSPS) is 16.3. The molecule has 1 heterocycles. The third-order valence-electron chi connectivity index (χ3n) is 4.73. The van der Waals surface area contributed by atoms with Crippen molar-refractivity contribution in [3.05, 3.63) is 59.7 Å². The number of aryl methyl sites for hydroxylation is 1. The average molecular weight is 366 g/mol. The van der Waals surface area contributed by atoms with Gasteiger partial charge in [0, 0.05) is 24.3 Å². The van der Waals surface area contributed by atoms with E-state index in [9.17, 15) is 14.4 Å². The number of nitrogens with one attached hydrogen (secondary N) is 1. The number of hydrogen-bond acceptors (Lipinski definition) is 4. The van der Waals surface area contributed by atoms with Crippen LogP contribution in [0, 0.1) is 19.8 Å². The summed E-state index contributed by atoms with van der Waals surface area (Å²) in [6.07, 6.45) is 0.0898. The van der Waals surface area contributed by atoms with Gasteiger partial charge < -0.3 is 15.0 Å². The molecule has 1 atom stereocenters. The van der Waals surface area contributed by atoms with E-state index in [1.807, 2.05) is 38.1 Å². The van der Waals surface area contributed by atoms with Crippen molar-refractivity contribution >= 4 is 29.2 Å². The van der Waals surface area contributed by atoms with Gasteiger partial charge in [0.05, 0.1) is 5.92 Å². The van der Waals surface area contributed by atoms with Gasteiger partial charge in [-0.1, -0.05) is 30.3 Å². The van der Waals surface area contributed by atoms with Gasteiger partial charge in [-0.2, -0.15) is 0 Å². The van der Waals surface area contributed by atoms with Crippen LogP contribution in [0.15, 0.2) is 48.5 Å². The second-order valence-corrected chi connectivity index (χ2v) is 6.65. The third kappa shape index (κ3) is 4.34. The lowest BCUT2D eigenvalue weighted by Crippen LogP contribution is -2.28. The number of carbonyl (C=O) groups excluding carboxylic acids is 3. The van der Waals surface area contributed by atoms with Crippen molar-refractivity contribution in [1.29, 1.82) is 0 Å². The molecule has 1 fully saturated rings. The van der Waals surface area contributed by atoms with Crippen molar-refractivity contribution in [2.45, 2.75) is 20.3 Å². The minimum absolute atomic E-state index is 0.0898. The zero-order chi connectivity index (χ0) is 19.4. The fraction of sp³-hybridized carbons (Fsp3) is 0.286. The molecule has 3 rings (SSSR count). The summed E-state index contributed by atoms with van der Waals surface area (Å²) in [5.41, 5.74) is 3.55. The number of carbonyl (C=O) groups is 3. The van der Waals surface area contributed by atoms with Crippen LogP contribution >= 0.6 is 0 Å². The molecular weight excluding hydrogens is 344 g/mol. The quantitative estimate of drug-likeness (QED) is 0.826. The lowest BCUT2D eigenvalue weighted by atomic mass is 10.1. The van der Waals surface area contributed by atoms with E-state index in [1.54, 1.807) is 29.2 Å². The summed E-state index contributed by atoms with van der Waals surface area (Å²) in [5, 5.41) is 2.65. The van der Waals surface area contributed by atoms with E-state index in [2.05, 4.69) is 5.32 Å². The van der Waals surface area contributed by atoms with Crippen molar-refractivity contribution in [2.75, 3.05) is 23.4 Å². The number of rotatable bonds is 5. The van der Waals surface area contributed by atoms with Gasteiger partial charge in [0.1, 0.15) is 0 Å². The third-order valence-corrected chi connectivity index (χ3v) is 4.73. The minimum Gasteiger partial charge on any atom is -0.455 e. The lowest BCUT2D eigenvalue weighted by Gasteiger charge is -2.20. The number of amides is 2. The van der Waals surface area contributed by atoms with E-state index in [0.717, 1.165) is 16.8 Å². The molecule has 6 heteroatoms. The van der Waals surface area contributed by atoms with E-state index in [1.165, 1.54) is 0 Å². The van der Waals surface area contributed by atoms with Gasteiger partial charge in [-0.15, -0.1) is 0 Å². The highest BCUT2D eigenvalue weighted by molar-refractivity contribution is 6.00. The Bertz CT molecular complexity index is 864. The summed E-state index contributed by atoms with van der Waals surface area (Å²) in [4.78, 5) is 38.2. The van der Waals surface area contributed by atoms with Gasteiger partial charge in [-0.25, -0.2) is 0 Å². The topological polar surface area (TPSA) is 75.7 Å². The molecule has 2 amide bonds. The number of benzene rings is 2. The Balaban J connectivity index is 1.56. The smallest absolute Gasteiger partial charge is 0.311 e. The molecule has 140 valence electrons. The van der Waals surface area contributed by atoms with Gasteiger partial charge in [-0.05, 0) is 43.2 Å². The van der Waals surface area contributed by atoms with Crippen LogP contribution in [0.25, 0.3) is 0 Å². The van der Waals surface area contributed by atoms with E-state index in [-0.39, 0.29) is 25.5 Å². The Hall–Kier alpha value is -3.15. The predicted octanol–water partition coefficient (Wildman–Crippen LogP) is 2.84. The summed E-state index contributed by atoms with van der Waals surface area (Å²) in [7, 11) is 0. The van der Waals surface area contributed by atoms with E-state index >= 15 is 0 Å². The molecule has 2 aromatic carbocycles. The summed E-state index contributed by atoms with van der Waals surface area (Å²) < 4.78 is 5.12. The Labute approximate surface area is 158 Å². The van der Waals surface area contributed by atoms with Crippen LogP contribution in [0.5, 0.6) is 0 Å². The summed E-state index contributed by atoms with van der Waals surface area (Å²) in [5.74, 6) is -1.62. The van der Waals surface area contributed by atoms with Crippen LogP contribution < -0.4 is 10.2 Å². The second kappa shape index (κ2) is 8.03. The largest absolute Gasteiger partial charge is 0.455 e. The van der Waals surface area contributed by atoms with Crippen LogP contribution in [-0.4, -0.2) is 30.9 Å². The van der Waals surface area contributed by atoms with Crippen molar-refractivity contribution in [1.82, 2.24) is 0 Å². The second-order valence-electron chi connectivity index (χ2n) is 6.65. The van der Waals surface area contributed by atoms with Gasteiger partial charge >= 0.3 is 5.97 Å². The highest BCUT2D eigenvalue weighted by Gasteiger charge is 2.37. The van der Waals surface area contributed by atoms with Gasteiger partial charge in [-0.3, -0.25) is 14.4 Å². The molecule has 0 aromatic heterocycles. The van der Waals surface area contributed by atoms with Crippen molar-refractivity contribution in [3.8, 4) is 0 Å². The van der Waals surface area contributed by atoms with Crippen molar-refractivity contribution in [3.63, 3.8) is 0 Å². The zero-order valence-corrected chi connectivity index (χ0v) is 15.4. The molecule has 1 aliphatic heterocycles. The number of para-hydroxylation sites is 1. The maximum absolute atomic E-state index is 12.4. The molecule has 27 heavy (non-hydrogen) atoms. The molecule has 6 nitrogen and oxygen atoms in total. The van der Waals surface area contributed by atoms with E-state index in [0.29, 0.717) is 5.69 Å². The fourth-order valence-corrected chi connectivity index (χ4v) is 3.10. The number of nitrogens with zero attached hydrogens (tertiary/aromatic N) is 1. The highest BCUT2D eigenvalue weighted by atomic mass is 16.5. The molecule has 1 aliphatic rings. The van der Waals surface area contributed by atoms with Crippen molar-refractivity contribution in [2.24, 2.45) is 5.92 Å². The molecular formula is C21H22N2O4. The van der Waals surface area contributed by atoms with Crippen LogP contribution in [0.1, 0.15) is 17.5 Å². The molecule has 0 unspecified atom stereocenters. The molecule has 0 spiro atoms. The van der Waals surface area contributed by atoms with Crippen LogP contribution in [0.2, 0.25) is 0 Å². The van der Waals surface area contributed by atoms with Gasteiger partial charge in [0.2, 0.25) is 5.91 Å². The Morgan fingerprint density at radius 1 is 1.11 bits per heavy atom. The number of hydrogen-bond donors (Lipinski definition) is 1. The first-order valence-electron chi connectivity index (χ1n) is 8.84. The molecule has 0 bridgehead atoms. The molecule has 2 aromatic rings. The first kappa shape index (κ1) is 18.6. The minimum atomic E-state index is -0.568. The number of ether oxygens (including phenoxy) is 1. The zero-order valence-electron chi connectivity index (χ0n) is 15.4. The maximum Gasteiger partial charge on any atom is 0.311 e. The first-order chi connectivity index (χ1) is 13.0. The molecule has 1 N–H and O–H groups in total. The number of esters is 1. The van der Waals surface area contributed by atoms with Gasteiger partial charge in [0.15, 0.2) is 6.61 Å².